The second kappa shape index (κ2) is 6.11. The molecule has 0 spiro atoms. The largest absolute Gasteiger partial charge is 0.353 e. The van der Waals surface area contributed by atoms with E-state index in [1.54, 1.807) is 0 Å². The van der Waals surface area contributed by atoms with E-state index in [0.717, 1.165) is 25.9 Å². The van der Waals surface area contributed by atoms with Crippen LogP contribution in [0.3, 0.4) is 0 Å². The van der Waals surface area contributed by atoms with Gasteiger partial charge in [0, 0.05) is 26.5 Å². The van der Waals surface area contributed by atoms with Gasteiger partial charge in [0.15, 0.2) is 0 Å². The smallest absolute Gasteiger partial charge is 0.222 e. The highest BCUT2D eigenvalue weighted by molar-refractivity contribution is 5.78. The van der Waals surface area contributed by atoms with Gasteiger partial charge in [0.05, 0.1) is 0 Å². The Morgan fingerprint density at radius 3 is 2.53 bits per heavy atom. The predicted molar refractivity (Wildman–Crippen MR) is 64.8 cm³/mol. The van der Waals surface area contributed by atoms with E-state index in [2.05, 4.69) is 17.1 Å². The molecule has 0 bridgehead atoms. The fraction of sp³-hybridized carbons (Fsp3) is 0.917. The monoisotopic (exact) mass is 214 g/mol. The molecule has 1 rings (SSSR count). The Labute approximate surface area is 94.7 Å². The molecule has 15 heavy (non-hydrogen) atoms. The molecule has 1 aliphatic heterocycles. The third-order valence-electron chi connectivity index (χ3n) is 3.00. The highest BCUT2D eigenvalue weighted by Gasteiger charge is 2.20. The van der Waals surface area contributed by atoms with Gasteiger partial charge in [-0.05, 0) is 25.8 Å². The van der Waals surface area contributed by atoms with E-state index in [0.29, 0.717) is 6.04 Å². The van der Waals surface area contributed by atoms with Gasteiger partial charge in [-0.3, -0.25) is 4.79 Å². The van der Waals surface area contributed by atoms with Gasteiger partial charge in [-0.25, -0.2) is 0 Å². The lowest BCUT2D eigenvalue weighted by Gasteiger charge is -2.32. The van der Waals surface area contributed by atoms with Gasteiger partial charge in [-0.1, -0.05) is 20.8 Å². The van der Waals surface area contributed by atoms with E-state index in [9.17, 15) is 4.79 Å². The number of hydrogen-bond acceptors (Lipinski definition) is 2. The molecule has 0 aromatic heterocycles. The van der Waals surface area contributed by atoms with Gasteiger partial charge in [0.1, 0.15) is 0 Å². The van der Waals surface area contributed by atoms with Crippen LogP contribution in [0.15, 0.2) is 0 Å². The Hall–Kier alpha value is -0.570. The van der Waals surface area contributed by atoms with E-state index < -0.39 is 0 Å². The second-order valence-corrected chi connectivity index (χ2v) is 4.78. The quantitative estimate of drug-likeness (QED) is 0.775. The third-order valence-corrected chi connectivity index (χ3v) is 3.00. The zero-order valence-electron chi connectivity index (χ0n) is 10.3. The lowest BCUT2D eigenvalue weighted by Crippen LogP contribution is -2.45. The van der Waals surface area contributed by atoms with Crippen LogP contribution in [-0.4, -0.2) is 36.5 Å². The minimum Gasteiger partial charge on any atom is -0.353 e. The number of amides is 1. The fourth-order valence-corrected chi connectivity index (χ4v) is 1.98. The molecule has 0 unspecified atom stereocenters. The Bertz CT molecular complexity index is 201. The fourth-order valence-electron chi connectivity index (χ4n) is 1.98. The average molecular weight is 214 g/mol. The summed E-state index contributed by atoms with van der Waals surface area (Å²) in [7, 11) is 0. The number of hydrogen-bond donors (Lipinski definition) is 1. The van der Waals surface area contributed by atoms with E-state index in [1.807, 2.05) is 13.8 Å². The highest BCUT2D eigenvalue weighted by Crippen LogP contribution is 2.11. The minimum absolute atomic E-state index is 0. The van der Waals surface area contributed by atoms with Crippen LogP contribution in [0.2, 0.25) is 0 Å². The van der Waals surface area contributed by atoms with Crippen LogP contribution in [0, 0.1) is 5.92 Å². The van der Waals surface area contributed by atoms with Gasteiger partial charge >= 0.3 is 0 Å². The molecule has 1 amide bonds. The highest BCUT2D eigenvalue weighted by atomic mass is 16.1. The van der Waals surface area contributed by atoms with E-state index in [4.69, 9.17) is 0 Å². The molecule has 0 aliphatic carbocycles. The normalized spacial score (nSPS) is 19.5. The number of carbonyl (C=O) groups is 1. The van der Waals surface area contributed by atoms with Crippen LogP contribution in [0.1, 0.15) is 41.5 Å². The SMILES string of the molecule is CCCN1CCC(NC(=O)C(C)C)CC1.[HH]. The number of nitrogens with zero attached hydrogens (tertiary/aromatic N) is 1. The van der Waals surface area contributed by atoms with Gasteiger partial charge < -0.3 is 10.2 Å². The summed E-state index contributed by atoms with van der Waals surface area (Å²) in [5.74, 6) is 0.308. The summed E-state index contributed by atoms with van der Waals surface area (Å²) in [6, 6.07) is 0.410. The summed E-state index contributed by atoms with van der Waals surface area (Å²) in [5.41, 5.74) is 0. The van der Waals surface area contributed by atoms with Crippen LogP contribution in [0.5, 0.6) is 0 Å². The first-order chi connectivity index (χ1) is 7.13. The molecule has 0 aromatic carbocycles. The molecular formula is C12H26N2O. The molecule has 1 saturated heterocycles. The minimum atomic E-state index is 0. The molecule has 1 aliphatic rings. The average Bonchev–Trinajstić information content (AvgIpc) is 2.21. The van der Waals surface area contributed by atoms with Crippen molar-refractivity contribution in [2.75, 3.05) is 19.6 Å². The summed E-state index contributed by atoms with van der Waals surface area (Å²) in [6.45, 7) is 9.58. The van der Waals surface area contributed by atoms with Crippen LogP contribution in [0.4, 0.5) is 0 Å². The van der Waals surface area contributed by atoms with Crippen molar-refractivity contribution in [3.8, 4) is 0 Å². The molecule has 0 radical (unpaired) electrons. The van der Waals surface area contributed by atoms with Gasteiger partial charge in [-0.15, -0.1) is 0 Å². The zero-order chi connectivity index (χ0) is 11.3. The number of carbonyl (C=O) groups excluding carboxylic acids is 1. The Morgan fingerprint density at radius 2 is 2.07 bits per heavy atom. The maximum absolute atomic E-state index is 11.5. The summed E-state index contributed by atoms with van der Waals surface area (Å²) in [6.07, 6.45) is 3.44. The summed E-state index contributed by atoms with van der Waals surface area (Å²) in [5, 5.41) is 3.12. The van der Waals surface area contributed by atoms with Gasteiger partial charge in [-0.2, -0.15) is 0 Å². The molecule has 1 heterocycles. The molecule has 90 valence electrons. The lowest BCUT2D eigenvalue weighted by atomic mass is 10.0. The van der Waals surface area contributed by atoms with E-state index in [-0.39, 0.29) is 13.3 Å². The molecule has 0 aromatic rings. The van der Waals surface area contributed by atoms with Crippen molar-refractivity contribution in [2.24, 2.45) is 5.92 Å². The number of nitrogens with one attached hydrogen (secondary N) is 1. The molecule has 1 N–H and O–H groups in total. The van der Waals surface area contributed by atoms with Gasteiger partial charge in [0.25, 0.3) is 0 Å². The lowest BCUT2D eigenvalue weighted by molar-refractivity contribution is -0.125. The van der Waals surface area contributed by atoms with Crippen molar-refractivity contribution in [3.05, 3.63) is 0 Å². The first-order valence-electron chi connectivity index (χ1n) is 6.16. The van der Waals surface area contributed by atoms with Crippen LogP contribution in [0.25, 0.3) is 0 Å². The first-order valence-corrected chi connectivity index (χ1v) is 6.16. The van der Waals surface area contributed by atoms with Crippen molar-refractivity contribution in [2.45, 2.75) is 46.1 Å². The van der Waals surface area contributed by atoms with Crippen LogP contribution in [-0.2, 0) is 4.79 Å². The zero-order valence-corrected chi connectivity index (χ0v) is 10.3. The van der Waals surface area contributed by atoms with Crippen molar-refractivity contribution >= 4 is 5.91 Å². The van der Waals surface area contributed by atoms with Crippen molar-refractivity contribution in [3.63, 3.8) is 0 Å². The Kier molecular flexibility index (Phi) is 5.09. The van der Waals surface area contributed by atoms with E-state index >= 15 is 0 Å². The Morgan fingerprint density at radius 1 is 1.47 bits per heavy atom. The van der Waals surface area contributed by atoms with Crippen molar-refractivity contribution in [1.82, 2.24) is 10.2 Å². The molecule has 0 atom stereocenters. The van der Waals surface area contributed by atoms with Gasteiger partial charge in [0.2, 0.25) is 5.91 Å². The summed E-state index contributed by atoms with van der Waals surface area (Å²) < 4.78 is 0. The number of rotatable bonds is 4. The maximum atomic E-state index is 11.5. The number of piperidine rings is 1. The maximum Gasteiger partial charge on any atom is 0.222 e. The van der Waals surface area contributed by atoms with Crippen LogP contribution < -0.4 is 5.32 Å². The molecule has 3 nitrogen and oxygen atoms in total. The topological polar surface area (TPSA) is 32.3 Å². The predicted octanol–water partition coefficient (Wildman–Crippen LogP) is 1.88. The number of likely N-dealkylation sites (tertiary alicyclic amines) is 1. The van der Waals surface area contributed by atoms with Crippen LogP contribution >= 0.6 is 0 Å². The molecule has 3 heteroatoms. The van der Waals surface area contributed by atoms with Crippen molar-refractivity contribution < 1.29 is 6.22 Å². The molecule has 1 fully saturated rings. The standard InChI is InChI=1S/C12H24N2O.H2/c1-4-7-14-8-5-11(6-9-14)13-12(15)10(2)3;/h10-11H,4-9H2,1-3H3,(H,13,15);1H. The third kappa shape index (κ3) is 4.20. The summed E-state index contributed by atoms with van der Waals surface area (Å²) in [4.78, 5) is 14.0. The first kappa shape index (κ1) is 12.5. The van der Waals surface area contributed by atoms with E-state index in [1.165, 1.54) is 13.0 Å². The summed E-state index contributed by atoms with van der Waals surface area (Å²) >= 11 is 0. The molecular weight excluding hydrogens is 188 g/mol. The molecule has 0 saturated carbocycles. The van der Waals surface area contributed by atoms with Crippen molar-refractivity contribution in [1.29, 1.82) is 0 Å². The second-order valence-electron chi connectivity index (χ2n) is 4.78. The Balaban J connectivity index is 0.00000225.